The molecule has 9 nitrogen and oxygen atoms in total. The normalized spacial score (nSPS) is 13.1. The molecule has 0 saturated heterocycles. The van der Waals surface area contributed by atoms with Crippen LogP contribution in [-0.2, 0) is 6.42 Å². The van der Waals surface area contributed by atoms with Gasteiger partial charge in [-0.05, 0) is 49.9 Å². The van der Waals surface area contributed by atoms with E-state index in [1.807, 2.05) is 0 Å². The molecule has 30 heavy (non-hydrogen) atoms. The van der Waals surface area contributed by atoms with Gasteiger partial charge in [0.2, 0.25) is 5.13 Å². The topological polar surface area (TPSA) is 135 Å². The molecule has 2 aromatic heterocycles. The van der Waals surface area contributed by atoms with Crippen LogP contribution in [0, 0.1) is 17.1 Å². The van der Waals surface area contributed by atoms with Crippen molar-refractivity contribution in [1.82, 2.24) is 25.3 Å². The van der Waals surface area contributed by atoms with Crippen molar-refractivity contribution in [3.8, 4) is 11.8 Å². The lowest BCUT2D eigenvalue weighted by molar-refractivity contribution is 0.252. The molecule has 2 heterocycles. The molecule has 154 valence electrons. The average molecular weight is 426 g/mol. The quantitative estimate of drug-likeness (QED) is 0.497. The lowest BCUT2D eigenvalue weighted by atomic mass is 10.1. The van der Waals surface area contributed by atoms with Crippen molar-refractivity contribution in [2.75, 3.05) is 17.6 Å². The smallest absolute Gasteiger partial charge is 0.321 e. The van der Waals surface area contributed by atoms with Crippen molar-refractivity contribution in [2.24, 2.45) is 0 Å². The van der Waals surface area contributed by atoms with Gasteiger partial charge in [0.25, 0.3) is 0 Å². The summed E-state index contributed by atoms with van der Waals surface area (Å²) < 4.78 is 14.6. The number of amides is 2. The summed E-state index contributed by atoms with van der Waals surface area (Å²) in [6.07, 6.45) is 3.28. The Morgan fingerprint density at radius 3 is 2.80 bits per heavy atom. The van der Waals surface area contributed by atoms with E-state index in [1.165, 1.54) is 40.3 Å². The molecule has 0 radical (unpaired) electrons. The molecule has 0 atom stereocenters. The summed E-state index contributed by atoms with van der Waals surface area (Å²) in [4.78, 5) is 12.0. The van der Waals surface area contributed by atoms with Crippen LogP contribution in [-0.4, -0.2) is 32.6 Å². The van der Waals surface area contributed by atoms with Gasteiger partial charge in [-0.3, -0.25) is 5.32 Å². The van der Waals surface area contributed by atoms with E-state index in [2.05, 4.69) is 32.0 Å². The number of aromatic nitrogens is 4. The lowest BCUT2D eigenvalue weighted by Crippen LogP contribution is -2.29. The van der Waals surface area contributed by atoms with Crippen LogP contribution in [0.25, 0.3) is 5.69 Å². The largest absolute Gasteiger partial charge is 0.382 e. The van der Waals surface area contributed by atoms with Crippen LogP contribution in [0.5, 0.6) is 0 Å². The predicted molar refractivity (Wildman–Crippen MR) is 110 cm³/mol. The maximum Gasteiger partial charge on any atom is 0.321 e. The number of aryl methyl sites for hydroxylation is 1. The minimum absolute atomic E-state index is 0.201. The molecular formula is C19H19FN8OS. The summed E-state index contributed by atoms with van der Waals surface area (Å²) in [5.41, 5.74) is 7.42. The number of nitrogens with one attached hydrogen (secondary N) is 2. The first kappa shape index (κ1) is 19.8. The molecule has 1 aromatic carbocycles. The first-order valence-electron chi connectivity index (χ1n) is 9.47. The monoisotopic (exact) mass is 426 g/mol. The Hall–Kier alpha value is -3.52. The standard InChI is InChI=1S/C19H19FN8OS/c20-12-5-7-13(8-6-12)28-16(22)14(10-21)15(27-28)2-1-9-23-18(29)24-19-26-25-17(30-19)11-3-4-11/h5-8,11H,1-4,9,22H2,(H2,23,24,26,29). The Kier molecular flexibility index (Phi) is 5.58. The second kappa shape index (κ2) is 8.46. The molecule has 4 rings (SSSR count). The summed E-state index contributed by atoms with van der Waals surface area (Å²) >= 11 is 1.40. The number of carbonyl (C=O) groups is 1. The van der Waals surface area contributed by atoms with Crippen LogP contribution >= 0.6 is 11.3 Å². The van der Waals surface area contributed by atoms with Crippen LogP contribution in [0.1, 0.15) is 41.4 Å². The van der Waals surface area contributed by atoms with Gasteiger partial charge >= 0.3 is 6.03 Å². The SMILES string of the molecule is N#Cc1c(CCCNC(=O)Nc2nnc(C3CC3)s2)nn(-c2ccc(F)cc2)c1N. The molecule has 2 amide bonds. The van der Waals surface area contributed by atoms with E-state index in [9.17, 15) is 14.4 Å². The minimum atomic E-state index is -0.369. The molecule has 1 saturated carbocycles. The van der Waals surface area contributed by atoms with Gasteiger partial charge in [0.1, 0.15) is 28.3 Å². The zero-order chi connectivity index (χ0) is 21.1. The number of nitriles is 1. The highest BCUT2D eigenvalue weighted by molar-refractivity contribution is 7.15. The fourth-order valence-corrected chi connectivity index (χ4v) is 3.84. The minimum Gasteiger partial charge on any atom is -0.382 e. The summed E-state index contributed by atoms with van der Waals surface area (Å²) in [6, 6.07) is 7.39. The number of halogens is 1. The van der Waals surface area contributed by atoms with Crippen molar-refractivity contribution >= 4 is 28.3 Å². The van der Waals surface area contributed by atoms with Gasteiger partial charge < -0.3 is 11.1 Å². The zero-order valence-corrected chi connectivity index (χ0v) is 16.7. The third kappa shape index (κ3) is 4.38. The van der Waals surface area contributed by atoms with Gasteiger partial charge in [-0.15, -0.1) is 10.2 Å². The van der Waals surface area contributed by atoms with Gasteiger partial charge in [0, 0.05) is 12.5 Å². The highest BCUT2D eigenvalue weighted by Gasteiger charge is 2.27. The predicted octanol–water partition coefficient (Wildman–Crippen LogP) is 2.95. The van der Waals surface area contributed by atoms with E-state index in [4.69, 9.17) is 5.73 Å². The number of urea groups is 1. The Morgan fingerprint density at radius 1 is 1.33 bits per heavy atom. The Balaban J connectivity index is 1.31. The van der Waals surface area contributed by atoms with Crippen LogP contribution in [0.4, 0.5) is 20.1 Å². The number of anilines is 2. The highest BCUT2D eigenvalue weighted by Crippen LogP contribution is 2.42. The van der Waals surface area contributed by atoms with Crippen LogP contribution < -0.4 is 16.4 Å². The van der Waals surface area contributed by atoms with E-state index in [0.717, 1.165) is 17.8 Å². The first-order valence-corrected chi connectivity index (χ1v) is 10.3. The number of nitrogen functional groups attached to an aromatic ring is 1. The molecule has 3 aromatic rings. The molecule has 0 unspecified atom stereocenters. The molecular weight excluding hydrogens is 407 g/mol. The number of nitrogens with two attached hydrogens (primary N) is 1. The van der Waals surface area contributed by atoms with Gasteiger partial charge in [0.15, 0.2) is 0 Å². The highest BCUT2D eigenvalue weighted by atomic mass is 32.1. The summed E-state index contributed by atoms with van der Waals surface area (Å²) in [5.74, 6) is 0.331. The molecule has 0 aliphatic heterocycles. The number of benzene rings is 1. The number of hydrogen-bond donors (Lipinski definition) is 3. The van der Waals surface area contributed by atoms with Gasteiger partial charge in [-0.25, -0.2) is 13.9 Å². The summed E-state index contributed by atoms with van der Waals surface area (Å²) in [6.45, 7) is 0.383. The lowest BCUT2D eigenvalue weighted by Gasteiger charge is -2.04. The number of rotatable bonds is 7. The molecule has 1 aliphatic carbocycles. The van der Waals surface area contributed by atoms with E-state index in [-0.39, 0.29) is 23.2 Å². The zero-order valence-electron chi connectivity index (χ0n) is 15.9. The molecule has 1 fully saturated rings. The maximum absolute atomic E-state index is 13.1. The van der Waals surface area contributed by atoms with Gasteiger partial charge in [-0.2, -0.15) is 10.4 Å². The first-order chi connectivity index (χ1) is 14.5. The van der Waals surface area contributed by atoms with Crippen LogP contribution in [0.15, 0.2) is 24.3 Å². The third-order valence-electron chi connectivity index (χ3n) is 4.64. The van der Waals surface area contributed by atoms with E-state index in [1.54, 1.807) is 0 Å². The summed E-state index contributed by atoms with van der Waals surface area (Å²) in [5, 5.41) is 28.7. The van der Waals surface area contributed by atoms with Crippen molar-refractivity contribution in [3.05, 3.63) is 46.3 Å². The number of carbonyl (C=O) groups excluding carboxylic acids is 1. The average Bonchev–Trinajstić information content (AvgIpc) is 3.40. The molecule has 1 aliphatic rings. The van der Waals surface area contributed by atoms with Crippen molar-refractivity contribution < 1.29 is 9.18 Å². The van der Waals surface area contributed by atoms with Gasteiger partial charge in [-0.1, -0.05) is 11.3 Å². The number of hydrogen-bond acceptors (Lipinski definition) is 7. The fourth-order valence-electron chi connectivity index (χ4n) is 2.93. The Bertz CT molecular complexity index is 1100. The fraction of sp³-hybridized carbons (Fsp3) is 0.316. The maximum atomic E-state index is 13.1. The van der Waals surface area contributed by atoms with E-state index < -0.39 is 0 Å². The van der Waals surface area contributed by atoms with Crippen LogP contribution in [0.3, 0.4) is 0 Å². The van der Waals surface area contributed by atoms with Crippen molar-refractivity contribution in [3.63, 3.8) is 0 Å². The van der Waals surface area contributed by atoms with Crippen molar-refractivity contribution in [1.29, 1.82) is 5.26 Å². The van der Waals surface area contributed by atoms with E-state index in [0.29, 0.717) is 41.8 Å². The molecule has 0 bridgehead atoms. The second-order valence-electron chi connectivity index (χ2n) is 6.91. The molecule has 0 spiro atoms. The number of nitrogens with zero attached hydrogens (tertiary/aromatic N) is 5. The Labute approximate surface area is 175 Å². The Morgan fingerprint density at radius 2 is 2.10 bits per heavy atom. The van der Waals surface area contributed by atoms with Crippen LogP contribution in [0.2, 0.25) is 0 Å². The molecule has 4 N–H and O–H groups in total. The third-order valence-corrected chi connectivity index (χ3v) is 5.64. The van der Waals surface area contributed by atoms with E-state index >= 15 is 0 Å². The van der Waals surface area contributed by atoms with Gasteiger partial charge in [0.05, 0.1) is 11.4 Å². The van der Waals surface area contributed by atoms with Crippen molar-refractivity contribution in [2.45, 2.75) is 31.6 Å². The summed E-state index contributed by atoms with van der Waals surface area (Å²) in [7, 11) is 0. The molecule has 11 heteroatoms. The second-order valence-corrected chi connectivity index (χ2v) is 7.92.